The Morgan fingerprint density at radius 2 is 1.83 bits per heavy atom. The second kappa shape index (κ2) is 6.90. The topological polar surface area (TPSA) is 43.8 Å². The van der Waals surface area contributed by atoms with Crippen LogP contribution in [0.1, 0.15) is 43.7 Å². The highest BCUT2D eigenvalue weighted by Gasteiger charge is 2.42. The van der Waals surface area contributed by atoms with Crippen LogP contribution in [0.4, 0.5) is 13.2 Å². The summed E-state index contributed by atoms with van der Waals surface area (Å²) in [7, 11) is 1.84. The molecule has 2 heterocycles. The predicted molar refractivity (Wildman–Crippen MR) is 103 cm³/mol. The van der Waals surface area contributed by atoms with E-state index in [1.165, 1.54) is 12.1 Å². The average molecular weight is 406 g/mol. The zero-order valence-corrected chi connectivity index (χ0v) is 16.8. The molecule has 4 nitrogen and oxygen atoms in total. The molecular formula is C22H25F3N2O2. The molecule has 3 atom stereocenters. The third kappa shape index (κ3) is 3.56. The molecule has 1 aliphatic carbocycles. The van der Waals surface area contributed by atoms with Gasteiger partial charge in [-0.15, -0.1) is 0 Å². The van der Waals surface area contributed by atoms with Gasteiger partial charge in [-0.25, -0.2) is 0 Å². The van der Waals surface area contributed by atoms with E-state index in [-0.39, 0.29) is 17.7 Å². The summed E-state index contributed by atoms with van der Waals surface area (Å²) in [6.45, 7) is 4.93. The monoisotopic (exact) mass is 406 g/mol. The third-order valence-electron chi connectivity index (χ3n) is 6.64. The van der Waals surface area contributed by atoms with Crippen molar-refractivity contribution in [1.82, 2.24) is 9.80 Å². The van der Waals surface area contributed by atoms with Gasteiger partial charge in [-0.2, -0.15) is 13.2 Å². The van der Waals surface area contributed by atoms with E-state index in [1.807, 2.05) is 30.7 Å². The Morgan fingerprint density at radius 3 is 2.45 bits per heavy atom. The first-order valence-electron chi connectivity index (χ1n) is 9.83. The second-order valence-electron chi connectivity index (χ2n) is 8.39. The first kappa shape index (κ1) is 20.0. The highest BCUT2D eigenvalue weighted by molar-refractivity contribution is 5.79. The van der Waals surface area contributed by atoms with Crippen LogP contribution < -0.4 is 0 Å². The highest BCUT2D eigenvalue weighted by Crippen LogP contribution is 2.50. The SMILES string of the molecule is CC1=C(C)C(O)N(C)C2=C1CN(C(=O)CC1CC1c1ccc(C(F)(F)F)cc1)C2. The fourth-order valence-electron chi connectivity index (χ4n) is 4.47. The molecule has 1 saturated carbocycles. The first-order chi connectivity index (χ1) is 13.6. The Labute approximate surface area is 168 Å². The van der Waals surface area contributed by atoms with E-state index >= 15 is 0 Å². The van der Waals surface area contributed by atoms with Crippen LogP contribution in [0.15, 0.2) is 46.7 Å². The summed E-state index contributed by atoms with van der Waals surface area (Å²) in [6, 6.07) is 5.29. The van der Waals surface area contributed by atoms with E-state index < -0.39 is 18.0 Å². The number of hydrogen-bond donors (Lipinski definition) is 1. The first-order valence-corrected chi connectivity index (χ1v) is 9.83. The minimum atomic E-state index is -4.33. The van der Waals surface area contributed by atoms with Gasteiger partial charge in [0.15, 0.2) is 0 Å². The third-order valence-corrected chi connectivity index (χ3v) is 6.64. The van der Waals surface area contributed by atoms with E-state index in [4.69, 9.17) is 0 Å². The summed E-state index contributed by atoms with van der Waals surface area (Å²) in [4.78, 5) is 16.5. The zero-order valence-electron chi connectivity index (χ0n) is 16.8. The Bertz CT molecular complexity index is 902. The molecule has 1 amide bonds. The van der Waals surface area contributed by atoms with E-state index in [0.29, 0.717) is 19.5 Å². The van der Waals surface area contributed by atoms with Gasteiger partial charge in [-0.3, -0.25) is 4.79 Å². The van der Waals surface area contributed by atoms with Crippen LogP contribution in [-0.4, -0.2) is 47.2 Å². The van der Waals surface area contributed by atoms with E-state index in [0.717, 1.165) is 46.5 Å². The van der Waals surface area contributed by atoms with Gasteiger partial charge in [-0.1, -0.05) is 12.1 Å². The quantitative estimate of drug-likeness (QED) is 0.828. The summed E-state index contributed by atoms with van der Waals surface area (Å²) in [5, 5.41) is 10.3. The Hall–Kier alpha value is -2.28. The van der Waals surface area contributed by atoms with E-state index in [1.54, 1.807) is 0 Å². The summed E-state index contributed by atoms with van der Waals surface area (Å²) in [5.74, 6) is 0.394. The number of aliphatic hydroxyl groups excluding tert-OH is 1. The van der Waals surface area contributed by atoms with Crippen molar-refractivity contribution in [3.05, 3.63) is 57.8 Å². The van der Waals surface area contributed by atoms with Crippen LogP contribution in [0.5, 0.6) is 0 Å². The summed E-state index contributed by atoms with van der Waals surface area (Å²) in [6.07, 6.45) is -3.75. The van der Waals surface area contributed by atoms with Gasteiger partial charge in [0.05, 0.1) is 12.1 Å². The number of aliphatic hydroxyl groups is 1. The van der Waals surface area contributed by atoms with Crippen LogP contribution in [0.2, 0.25) is 0 Å². The Kier molecular flexibility index (Phi) is 4.76. The molecule has 0 bridgehead atoms. The van der Waals surface area contributed by atoms with Gasteiger partial charge in [0.25, 0.3) is 0 Å². The fourth-order valence-corrected chi connectivity index (χ4v) is 4.47. The number of nitrogens with zero attached hydrogens (tertiary/aromatic N) is 2. The predicted octanol–water partition coefficient (Wildman–Crippen LogP) is 3.90. The molecule has 0 spiro atoms. The molecule has 1 N–H and O–H groups in total. The minimum Gasteiger partial charge on any atom is -0.370 e. The summed E-state index contributed by atoms with van der Waals surface area (Å²) < 4.78 is 38.1. The average Bonchev–Trinajstić information content (AvgIpc) is 3.29. The van der Waals surface area contributed by atoms with Crippen molar-refractivity contribution in [3.63, 3.8) is 0 Å². The lowest BCUT2D eigenvalue weighted by molar-refractivity contribution is -0.137. The van der Waals surface area contributed by atoms with Gasteiger partial charge in [-0.05, 0) is 66.5 Å². The zero-order chi connectivity index (χ0) is 21.1. The van der Waals surface area contributed by atoms with Gasteiger partial charge in [0, 0.05) is 25.7 Å². The lowest BCUT2D eigenvalue weighted by Crippen LogP contribution is -2.37. The number of likely N-dealkylation sites (N-methyl/N-ethyl adjacent to an activating group) is 1. The van der Waals surface area contributed by atoms with Crippen LogP contribution in [0.25, 0.3) is 0 Å². The van der Waals surface area contributed by atoms with Crippen molar-refractivity contribution >= 4 is 5.91 Å². The van der Waals surface area contributed by atoms with Crippen molar-refractivity contribution < 1.29 is 23.1 Å². The molecule has 7 heteroatoms. The number of rotatable bonds is 3. The number of benzene rings is 1. The molecular weight excluding hydrogens is 381 g/mol. The van der Waals surface area contributed by atoms with Crippen molar-refractivity contribution in [1.29, 1.82) is 0 Å². The smallest absolute Gasteiger partial charge is 0.370 e. The van der Waals surface area contributed by atoms with Crippen LogP contribution >= 0.6 is 0 Å². The Balaban J connectivity index is 1.36. The lowest BCUT2D eigenvalue weighted by Gasteiger charge is -2.33. The van der Waals surface area contributed by atoms with Crippen LogP contribution in [0, 0.1) is 5.92 Å². The largest absolute Gasteiger partial charge is 0.416 e. The molecule has 2 aliphatic heterocycles. The van der Waals surface area contributed by atoms with Gasteiger partial charge >= 0.3 is 6.18 Å². The van der Waals surface area contributed by atoms with Crippen LogP contribution in [0.3, 0.4) is 0 Å². The van der Waals surface area contributed by atoms with Crippen molar-refractivity contribution in [2.24, 2.45) is 5.92 Å². The molecule has 29 heavy (non-hydrogen) atoms. The molecule has 3 unspecified atom stereocenters. The van der Waals surface area contributed by atoms with E-state index in [2.05, 4.69) is 0 Å². The summed E-state index contributed by atoms with van der Waals surface area (Å²) in [5.41, 5.74) is 4.28. The number of carbonyl (C=O) groups is 1. The van der Waals surface area contributed by atoms with Crippen molar-refractivity contribution in [2.45, 2.75) is 45.0 Å². The molecule has 1 fully saturated rings. The molecule has 1 aromatic carbocycles. The summed E-state index contributed by atoms with van der Waals surface area (Å²) >= 11 is 0. The van der Waals surface area contributed by atoms with Gasteiger partial charge < -0.3 is 14.9 Å². The maximum Gasteiger partial charge on any atom is 0.416 e. The van der Waals surface area contributed by atoms with Gasteiger partial charge in [0.1, 0.15) is 6.23 Å². The highest BCUT2D eigenvalue weighted by atomic mass is 19.4. The van der Waals surface area contributed by atoms with Crippen LogP contribution in [-0.2, 0) is 11.0 Å². The lowest BCUT2D eigenvalue weighted by atomic mass is 9.96. The van der Waals surface area contributed by atoms with Gasteiger partial charge in [0.2, 0.25) is 5.91 Å². The molecule has 4 rings (SSSR count). The standard InChI is InChI=1S/C22H25F3N2O2/c1-12-13(2)21(29)26(3)19-11-27(10-18(12)19)20(28)9-15-8-17(15)14-4-6-16(7-5-14)22(23,24)25/h4-7,15,17,21,29H,8-11H2,1-3H3. The molecule has 1 aromatic rings. The fraction of sp³-hybridized carbons (Fsp3) is 0.500. The molecule has 0 aromatic heterocycles. The number of hydrogen-bond acceptors (Lipinski definition) is 3. The molecule has 0 radical (unpaired) electrons. The second-order valence-corrected chi connectivity index (χ2v) is 8.39. The normalized spacial score (nSPS) is 26.9. The number of amides is 1. The number of carbonyl (C=O) groups excluding carboxylic acids is 1. The number of alkyl halides is 3. The van der Waals surface area contributed by atoms with Crippen molar-refractivity contribution in [3.8, 4) is 0 Å². The molecule has 0 saturated heterocycles. The van der Waals surface area contributed by atoms with E-state index in [9.17, 15) is 23.1 Å². The molecule has 156 valence electrons. The Morgan fingerprint density at radius 1 is 1.17 bits per heavy atom. The maximum absolute atomic E-state index is 12.8. The van der Waals surface area contributed by atoms with Crippen molar-refractivity contribution in [2.75, 3.05) is 20.1 Å². The minimum absolute atomic E-state index is 0.0622. The number of halogens is 3. The maximum atomic E-state index is 12.8. The molecule has 3 aliphatic rings.